The van der Waals surface area contributed by atoms with E-state index in [-0.39, 0.29) is 17.3 Å². The van der Waals surface area contributed by atoms with Gasteiger partial charge >= 0.3 is 11.8 Å². The number of hydrogen-bond acceptors (Lipinski definition) is 8. The van der Waals surface area contributed by atoms with E-state index in [0.29, 0.717) is 24.6 Å². The van der Waals surface area contributed by atoms with Crippen molar-refractivity contribution in [1.82, 2.24) is 24.5 Å². The first-order valence-corrected chi connectivity index (χ1v) is 15.8. The number of H-pyrrole nitrogens is 1. The van der Waals surface area contributed by atoms with Crippen molar-refractivity contribution in [2.24, 2.45) is 5.92 Å². The maximum absolute atomic E-state index is 13.8. The molecule has 1 amide bonds. The summed E-state index contributed by atoms with van der Waals surface area (Å²) in [5.74, 6) is 0.966. The minimum absolute atomic E-state index is 0.0635. The van der Waals surface area contributed by atoms with Crippen LogP contribution in [-0.4, -0.2) is 43.3 Å². The molecule has 1 aliphatic rings. The zero-order chi connectivity index (χ0) is 34.0. The Morgan fingerprint density at radius 1 is 1.02 bits per heavy atom. The molecule has 0 aliphatic heterocycles. The molecule has 12 heteroatoms. The Morgan fingerprint density at radius 2 is 1.70 bits per heavy atom. The number of carbonyl (C=O) groups is 1. The van der Waals surface area contributed by atoms with Gasteiger partial charge in [-0.15, -0.1) is 5.10 Å². The number of carbonyl (C=O) groups excluding carboxylic acids is 1. The number of methoxy groups -OCH3 is 1. The third kappa shape index (κ3) is 7.70. The number of hydrogen-bond donors (Lipinski definition) is 2. The van der Waals surface area contributed by atoms with Crippen molar-refractivity contribution in [2.75, 3.05) is 12.4 Å². The molecule has 0 spiro atoms. The molecule has 2 N–H and O–H groups in total. The zero-order valence-corrected chi connectivity index (χ0v) is 28.0. The third-order valence-corrected chi connectivity index (χ3v) is 8.54. The molecular formula is C35H42N6O6. The summed E-state index contributed by atoms with van der Waals surface area (Å²) in [5, 5.41) is 11.3. The van der Waals surface area contributed by atoms with Gasteiger partial charge in [0.05, 0.1) is 25.0 Å². The van der Waals surface area contributed by atoms with E-state index in [9.17, 15) is 19.2 Å². The Morgan fingerprint density at radius 3 is 2.30 bits per heavy atom. The molecule has 2 atom stereocenters. The molecule has 2 aromatic heterocycles. The van der Waals surface area contributed by atoms with Crippen molar-refractivity contribution in [1.29, 1.82) is 0 Å². The summed E-state index contributed by atoms with van der Waals surface area (Å²) in [6.07, 6.45) is 2.76. The Hall–Kier alpha value is -5.00. The molecule has 0 saturated heterocycles. The van der Waals surface area contributed by atoms with E-state index in [1.54, 1.807) is 44.7 Å². The lowest BCUT2D eigenvalue weighted by Gasteiger charge is -2.19. The number of aryl methyl sites for hydroxylation is 2. The smallest absolute Gasteiger partial charge is 0.413 e. The molecule has 12 nitrogen and oxygen atoms in total. The molecule has 1 saturated carbocycles. The van der Waals surface area contributed by atoms with Crippen LogP contribution in [0.2, 0.25) is 0 Å². The predicted octanol–water partition coefficient (Wildman–Crippen LogP) is 4.99. The Labute approximate surface area is 272 Å². The van der Waals surface area contributed by atoms with Crippen LogP contribution in [0.25, 0.3) is 5.69 Å². The zero-order valence-electron chi connectivity index (χ0n) is 28.0. The number of benzene rings is 2. The highest BCUT2D eigenvalue weighted by atomic mass is 16.6. The number of ether oxygens (including phenoxy) is 2. The van der Waals surface area contributed by atoms with Crippen LogP contribution in [0.5, 0.6) is 5.75 Å². The molecule has 0 radical (unpaired) electrons. The second-order valence-corrected chi connectivity index (χ2v) is 13.3. The van der Waals surface area contributed by atoms with Gasteiger partial charge in [-0.05, 0) is 105 Å². The van der Waals surface area contributed by atoms with E-state index in [4.69, 9.17) is 14.6 Å². The van der Waals surface area contributed by atoms with Gasteiger partial charge in [0.25, 0.3) is 11.1 Å². The summed E-state index contributed by atoms with van der Waals surface area (Å²) in [6.45, 7) is 11.5. The van der Waals surface area contributed by atoms with E-state index < -0.39 is 22.9 Å². The van der Waals surface area contributed by atoms with Gasteiger partial charge in [-0.3, -0.25) is 19.9 Å². The van der Waals surface area contributed by atoms with E-state index in [1.807, 2.05) is 44.2 Å². The minimum atomic E-state index is -0.865. The van der Waals surface area contributed by atoms with Crippen LogP contribution in [0.15, 0.2) is 56.8 Å². The highest BCUT2D eigenvalue weighted by Gasteiger charge is 2.28. The monoisotopic (exact) mass is 642 g/mol. The lowest BCUT2D eigenvalue weighted by atomic mass is 9.90. The molecule has 1 aliphatic carbocycles. The number of rotatable bonds is 8. The SMILES string of the molecule is COc1ccc(Cn2nc(Cc3c(C)cc(-n4nc(NC(=O)OC(C)(C)C)c(=O)[nH]c4=O)cc3C)cc(C3CCCC3C)c2=O)cc1. The van der Waals surface area contributed by atoms with Crippen LogP contribution >= 0.6 is 0 Å². The molecule has 248 valence electrons. The van der Waals surface area contributed by atoms with Gasteiger partial charge in [0.2, 0.25) is 5.82 Å². The number of nitrogens with zero attached hydrogens (tertiary/aromatic N) is 4. The number of anilines is 1. The van der Waals surface area contributed by atoms with Crippen molar-refractivity contribution < 1.29 is 14.3 Å². The summed E-state index contributed by atoms with van der Waals surface area (Å²) in [6, 6.07) is 13.2. The highest BCUT2D eigenvalue weighted by Crippen LogP contribution is 2.38. The molecule has 47 heavy (non-hydrogen) atoms. The Balaban J connectivity index is 1.49. The van der Waals surface area contributed by atoms with E-state index in [2.05, 4.69) is 22.3 Å². The van der Waals surface area contributed by atoms with Crippen molar-refractivity contribution >= 4 is 11.9 Å². The maximum Gasteiger partial charge on any atom is 0.413 e. The summed E-state index contributed by atoms with van der Waals surface area (Å²) in [4.78, 5) is 53.5. The molecular weight excluding hydrogens is 600 g/mol. The lowest BCUT2D eigenvalue weighted by molar-refractivity contribution is 0.0634. The Bertz CT molecular complexity index is 1950. The predicted molar refractivity (Wildman–Crippen MR) is 179 cm³/mol. The fourth-order valence-corrected chi connectivity index (χ4v) is 6.20. The van der Waals surface area contributed by atoms with Gasteiger partial charge in [-0.2, -0.15) is 9.78 Å². The van der Waals surface area contributed by atoms with Gasteiger partial charge < -0.3 is 9.47 Å². The van der Waals surface area contributed by atoms with Crippen LogP contribution in [0, 0.1) is 19.8 Å². The van der Waals surface area contributed by atoms with Gasteiger partial charge in [0.1, 0.15) is 11.4 Å². The molecule has 0 bridgehead atoms. The third-order valence-electron chi connectivity index (χ3n) is 8.54. The van der Waals surface area contributed by atoms with Gasteiger partial charge in [-0.1, -0.05) is 31.9 Å². The van der Waals surface area contributed by atoms with Crippen LogP contribution in [-0.2, 0) is 17.7 Å². The van der Waals surface area contributed by atoms with Crippen LogP contribution in [0.1, 0.15) is 86.4 Å². The molecule has 2 unspecified atom stereocenters. The van der Waals surface area contributed by atoms with Gasteiger partial charge in [-0.25, -0.2) is 14.3 Å². The fraction of sp³-hybridized carbons (Fsp3) is 0.429. The molecule has 2 heterocycles. The standard InChI is InChI=1S/C35H42N6O6/c1-20-9-8-10-27(20)29-18-24(38-40(32(29)43)19-23-11-13-26(46-7)14-12-23)17-28-21(2)15-25(16-22(28)3)41-33(44)37-31(42)30(39-41)36-34(45)47-35(4,5)6/h11-16,18,20,27H,8-10,17,19H2,1-7H3,(H,36,39,45)(H,37,42,44). The molecule has 2 aromatic carbocycles. The highest BCUT2D eigenvalue weighted by molar-refractivity contribution is 5.83. The fourth-order valence-electron chi connectivity index (χ4n) is 6.20. The van der Waals surface area contributed by atoms with Crippen molar-refractivity contribution in [3.63, 3.8) is 0 Å². The van der Waals surface area contributed by atoms with Gasteiger partial charge in [0, 0.05) is 12.0 Å². The maximum atomic E-state index is 13.8. The first kappa shape index (κ1) is 33.4. The number of nitrogens with one attached hydrogen (secondary N) is 2. The first-order valence-electron chi connectivity index (χ1n) is 15.8. The van der Waals surface area contributed by atoms with E-state index >= 15 is 0 Å². The van der Waals surface area contributed by atoms with Crippen LogP contribution in [0.4, 0.5) is 10.6 Å². The molecule has 1 fully saturated rings. The second kappa shape index (κ2) is 13.4. The normalized spacial score (nSPS) is 16.2. The molecule has 5 rings (SSSR count). The average Bonchev–Trinajstić information content (AvgIpc) is 3.42. The van der Waals surface area contributed by atoms with Crippen LogP contribution in [0.3, 0.4) is 0 Å². The van der Waals surface area contributed by atoms with Gasteiger partial charge in [0.15, 0.2) is 0 Å². The van der Waals surface area contributed by atoms with E-state index in [1.165, 1.54) is 0 Å². The largest absolute Gasteiger partial charge is 0.497 e. The van der Waals surface area contributed by atoms with Crippen molar-refractivity contribution in [3.05, 3.63) is 107 Å². The first-order chi connectivity index (χ1) is 22.2. The number of aromatic amines is 1. The average molecular weight is 643 g/mol. The lowest BCUT2D eigenvalue weighted by Crippen LogP contribution is -2.36. The number of amides is 1. The quantitative estimate of drug-likeness (QED) is 0.273. The second-order valence-electron chi connectivity index (χ2n) is 13.3. The summed E-state index contributed by atoms with van der Waals surface area (Å²) < 4.78 is 13.1. The topological polar surface area (TPSA) is 150 Å². The summed E-state index contributed by atoms with van der Waals surface area (Å²) in [7, 11) is 1.62. The van der Waals surface area contributed by atoms with E-state index in [0.717, 1.165) is 63.2 Å². The summed E-state index contributed by atoms with van der Waals surface area (Å²) in [5.41, 5.74) is 3.21. The van der Waals surface area contributed by atoms with Crippen LogP contribution < -0.4 is 26.9 Å². The minimum Gasteiger partial charge on any atom is -0.497 e. The molecule has 4 aromatic rings. The number of aromatic nitrogens is 5. The van der Waals surface area contributed by atoms with Crippen molar-refractivity contribution in [3.8, 4) is 11.4 Å². The Kier molecular flexibility index (Phi) is 9.50. The van der Waals surface area contributed by atoms with Crippen molar-refractivity contribution in [2.45, 2.75) is 85.3 Å². The summed E-state index contributed by atoms with van der Waals surface area (Å²) >= 11 is 0.